The smallest absolute Gasteiger partial charge is 0.0717 e. The molecule has 0 bridgehead atoms. The topological polar surface area (TPSA) is 56.6 Å². The summed E-state index contributed by atoms with van der Waals surface area (Å²) in [6, 6.07) is 1.98. The van der Waals surface area contributed by atoms with Gasteiger partial charge in [0.25, 0.3) is 0 Å². The summed E-state index contributed by atoms with van der Waals surface area (Å²) in [5.74, 6) is 0. The van der Waals surface area contributed by atoms with Crippen LogP contribution >= 0.6 is 0 Å². The van der Waals surface area contributed by atoms with Crippen LogP contribution in [0.3, 0.4) is 0 Å². The summed E-state index contributed by atoms with van der Waals surface area (Å²) >= 11 is 0. The molecule has 0 amide bonds. The van der Waals surface area contributed by atoms with Gasteiger partial charge in [0.15, 0.2) is 0 Å². The van der Waals surface area contributed by atoms with Gasteiger partial charge in [-0.15, -0.1) is 0 Å². The molecule has 2 rings (SSSR count). The van der Waals surface area contributed by atoms with E-state index in [2.05, 4.69) is 9.88 Å². The number of rotatable bonds is 2. The number of aliphatic hydroxyl groups is 2. The van der Waals surface area contributed by atoms with Crippen LogP contribution in [0.15, 0.2) is 12.3 Å². The molecule has 1 atom stereocenters. The fourth-order valence-electron chi connectivity index (χ4n) is 2.16. The zero-order chi connectivity index (χ0) is 11.5. The number of piperidine rings is 1. The van der Waals surface area contributed by atoms with Gasteiger partial charge in [0.05, 0.1) is 12.7 Å². The summed E-state index contributed by atoms with van der Waals surface area (Å²) in [5, 5.41) is 18.9. The highest BCUT2D eigenvalue weighted by Gasteiger charge is 2.20. The second-order valence-corrected chi connectivity index (χ2v) is 4.35. The molecule has 1 aliphatic rings. The first kappa shape index (κ1) is 11.4. The molecule has 2 N–H and O–H groups in total. The molecule has 1 aromatic heterocycles. The standard InChI is InChI=1S/C12H18N2O2/c1-9-5-12(10(8-15)6-13-9)14-4-2-3-11(16)7-14/h5-6,11,15-16H,2-4,7-8H2,1H3. The van der Waals surface area contributed by atoms with Crippen LogP contribution in [0, 0.1) is 6.92 Å². The Labute approximate surface area is 95.5 Å². The average Bonchev–Trinajstić information content (AvgIpc) is 2.29. The first-order chi connectivity index (χ1) is 7.70. The maximum absolute atomic E-state index is 9.65. The number of hydrogen-bond acceptors (Lipinski definition) is 4. The van der Waals surface area contributed by atoms with E-state index in [1.807, 2.05) is 13.0 Å². The van der Waals surface area contributed by atoms with Gasteiger partial charge in [0, 0.05) is 36.2 Å². The van der Waals surface area contributed by atoms with E-state index in [0.29, 0.717) is 6.54 Å². The molecule has 0 spiro atoms. The van der Waals surface area contributed by atoms with Crippen LogP contribution in [0.1, 0.15) is 24.1 Å². The number of anilines is 1. The summed E-state index contributed by atoms with van der Waals surface area (Å²) in [6.07, 6.45) is 3.32. The van der Waals surface area contributed by atoms with Gasteiger partial charge in [0.1, 0.15) is 0 Å². The molecule has 0 aromatic carbocycles. The zero-order valence-electron chi connectivity index (χ0n) is 9.56. The molecule has 0 saturated carbocycles. The van der Waals surface area contributed by atoms with Gasteiger partial charge < -0.3 is 15.1 Å². The minimum Gasteiger partial charge on any atom is -0.392 e. The lowest BCUT2D eigenvalue weighted by molar-refractivity contribution is 0.154. The van der Waals surface area contributed by atoms with Crippen LogP contribution < -0.4 is 4.90 Å². The first-order valence-electron chi connectivity index (χ1n) is 5.70. The van der Waals surface area contributed by atoms with Gasteiger partial charge in [0.2, 0.25) is 0 Å². The van der Waals surface area contributed by atoms with Crippen LogP contribution in [0.4, 0.5) is 5.69 Å². The number of aromatic nitrogens is 1. The van der Waals surface area contributed by atoms with Crippen molar-refractivity contribution in [1.82, 2.24) is 4.98 Å². The van der Waals surface area contributed by atoms with Crippen LogP contribution in [0.25, 0.3) is 0 Å². The Kier molecular flexibility index (Phi) is 3.41. The van der Waals surface area contributed by atoms with E-state index in [4.69, 9.17) is 0 Å². The van der Waals surface area contributed by atoms with Gasteiger partial charge in [-0.05, 0) is 25.8 Å². The van der Waals surface area contributed by atoms with Gasteiger partial charge in [-0.25, -0.2) is 0 Å². The molecular weight excluding hydrogens is 204 g/mol. The van der Waals surface area contributed by atoms with Crippen molar-refractivity contribution in [3.63, 3.8) is 0 Å². The summed E-state index contributed by atoms with van der Waals surface area (Å²) < 4.78 is 0. The molecule has 1 saturated heterocycles. The normalized spacial score (nSPS) is 21.2. The number of β-amino-alcohol motifs (C(OH)–C–C–N with tert-alkyl or cyclic N) is 1. The van der Waals surface area contributed by atoms with Crippen LogP contribution in [0.2, 0.25) is 0 Å². The van der Waals surface area contributed by atoms with Gasteiger partial charge in [-0.1, -0.05) is 0 Å². The van der Waals surface area contributed by atoms with Crippen LogP contribution in [-0.2, 0) is 6.61 Å². The Morgan fingerprint density at radius 3 is 3.06 bits per heavy atom. The molecule has 2 heterocycles. The lowest BCUT2D eigenvalue weighted by Crippen LogP contribution is -2.38. The van der Waals surface area contributed by atoms with Crippen molar-refractivity contribution in [3.8, 4) is 0 Å². The highest BCUT2D eigenvalue weighted by Crippen LogP contribution is 2.24. The number of aliphatic hydroxyl groups excluding tert-OH is 2. The fourth-order valence-corrected chi connectivity index (χ4v) is 2.16. The summed E-state index contributed by atoms with van der Waals surface area (Å²) in [5.41, 5.74) is 2.78. The van der Waals surface area contributed by atoms with Crippen molar-refractivity contribution in [2.75, 3.05) is 18.0 Å². The quantitative estimate of drug-likeness (QED) is 0.778. The lowest BCUT2D eigenvalue weighted by Gasteiger charge is -2.33. The van der Waals surface area contributed by atoms with Gasteiger partial charge >= 0.3 is 0 Å². The molecule has 1 unspecified atom stereocenters. The Hall–Kier alpha value is -1.13. The van der Waals surface area contributed by atoms with Crippen molar-refractivity contribution in [2.24, 2.45) is 0 Å². The summed E-state index contributed by atoms with van der Waals surface area (Å²) in [7, 11) is 0. The minimum absolute atomic E-state index is 0.00475. The Morgan fingerprint density at radius 2 is 2.38 bits per heavy atom. The molecular formula is C12H18N2O2. The SMILES string of the molecule is Cc1cc(N2CCCC(O)C2)c(CO)cn1. The second kappa shape index (κ2) is 4.80. The molecule has 4 heteroatoms. The predicted molar refractivity (Wildman–Crippen MR) is 62.4 cm³/mol. The number of pyridine rings is 1. The van der Waals surface area contributed by atoms with E-state index in [-0.39, 0.29) is 12.7 Å². The van der Waals surface area contributed by atoms with Crippen molar-refractivity contribution in [3.05, 3.63) is 23.5 Å². The van der Waals surface area contributed by atoms with E-state index in [0.717, 1.165) is 36.3 Å². The third-order valence-electron chi connectivity index (χ3n) is 3.01. The highest BCUT2D eigenvalue weighted by molar-refractivity contribution is 5.53. The van der Waals surface area contributed by atoms with Crippen molar-refractivity contribution in [2.45, 2.75) is 32.5 Å². The first-order valence-corrected chi connectivity index (χ1v) is 5.70. The van der Waals surface area contributed by atoms with Crippen molar-refractivity contribution < 1.29 is 10.2 Å². The predicted octanol–water partition coefficient (Wildman–Crippen LogP) is 0.843. The monoisotopic (exact) mass is 222 g/mol. The van der Waals surface area contributed by atoms with Gasteiger partial charge in [-0.2, -0.15) is 0 Å². The third kappa shape index (κ3) is 2.33. The largest absolute Gasteiger partial charge is 0.392 e. The number of nitrogens with zero attached hydrogens (tertiary/aromatic N) is 2. The van der Waals surface area contributed by atoms with E-state index in [1.165, 1.54) is 0 Å². The molecule has 1 aromatic rings. The molecule has 16 heavy (non-hydrogen) atoms. The van der Waals surface area contributed by atoms with Crippen molar-refractivity contribution >= 4 is 5.69 Å². The number of aryl methyl sites for hydroxylation is 1. The molecule has 1 fully saturated rings. The minimum atomic E-state index is -0.256. The van der Waals surface area contributed by atoms with E-state index in [9.17, 15) is 10.2 Å². The highest BCUT2D eigenvalue weighted by atomic mass is 16.3. The maximum atomic E-state index is 9.65. The van der Waals surface area contributed by atoms with E-state index < -0.39 is 0 Å². The Morgan fingerprint density at radius 1 is 1.56 bits per heavy atom. The molecule has 4 nitrogen and oxygen atoms in total. The molecule has 88 valence electrons. The summed E-state index contributed by atoms with van der Waals surface area (Å²) in [6.45, 7) is 3.52. The third-order valence-corrected chi connectivity index (χ3v) is 3.01. The second-order valence-electron chi connectivity index (χ2n) is 4.35. The van der Waals surface area contributed by atoms with E-state index >= 15 is 0 Å². The van der Waals surface area contributed by atoms with E-state index in [1.54, 1.807) is 6.20 Å². The molecule has 0 aliphatic carbocycles. The molecule has 0 radical (unpaired) electrons. The fraction of sp³-hybridized carbons (Fsp3) is 0.583. The Balaban J connectivity index is 2.26. The van der Waals surface area contributed by atoms with Crippen molar-refractivity contribution in [1.29, 1.82) is 0 Å². The molecule has 1 aliphatic heterocycles. The van der Waals surface area contributed by atoms with Gasteiger partial charge in [-0.3, -0.25) is 4.98 Å². The maximum Gasteiger partial charge on any atom is 0.0717 e. The van der Waals surface area contributed by atoms with Crippen LogP contribution in [0.5, 0.6) is 0 Å². The number of hydrogen-bond donors (Lipinski definition) is 2. The Bertz CT molecular complexity index is 368. The lowest BCUT2D eigenvalue weighted by atomic mass is 10.1. The van der Waals surface area contributed by atoms with Crippen LogP contribution in [-0.4, -0.2) is 34.4 Å². The summed E-state index contributed by atoms with van der Waals surface area (Å²) in [4.78, 5) is 6.31. The zero-order valence-corrected chi connectivity index (χ0v) is 9.56. The average molecular weight is 222 g/mol.